The Morgan fingerprint density at radius 2 is 1.53 bits per heavy atom. The molecule has 3 heteroatoms. The summed E-state index contributed by atoms with van der Waals surface area (Å²) in [7, 11) is 0. The molecule has 17 heavy (non-hydrogen) atoms. The van der Waals surface area contributed by atoms with Crippen LogP contribution in [0.4, 0.5) is 0 Å². The standard InChI is InChI=1S/C14H24N2O/c1-3-12(15)14(13(16)4-2)17-10-11-8-6-5-7-9-11/h5-9,12-14H,3-4,10,15-16H2,1-2H3/t12-,13-/m0/s1. The third-order valence-electron chi connectivity index (χ3n) is 3.07. The van der Waals surface area contributed by atoms with Crippen LogP contribution in [0.25, 0.3) is 0 Å². The molecule has 1 aromatic rings. The maximum absolute atomic E-state index is 6.05. The van der Waals surface area contributed by atoms with Crippen molar-refractivity contribution >= 4 is 0 Å². The molecular weight excluding hydrogens is 212 g/mol. The van der Waals surface area contributed by atoms with Gasteiger partial charge in [-0.1, -0.05) is 44.2 Å². The molecule has 0 amide bonds. The number of benzene rings is 1. The Balaban J connectivity index is 2.55. The van der Waals surface area contributed by atoms with E-state index < -0.39 is 0 Å². The molecule has 0 bridgehead atoms. The summed E-state index contributed by atoms with van der Waals surface area (Å²) in [5.41, 5.74) is 13.3. The van der Waals surface area contributed by atoms with Gasteiger partial charge in [0.15, 0.2) is 0 Å². The van der Waals surface area contributed by atoms with Crippen molar-refractivity contribution in [2.45, 2.75) is 51.5 Å². The molecule has 96 valence electrons. The van der Waals surface area contributed by atoms with Crippen molar-refractivity contribution in [1.82, 2.24) is 0 Å². The second-order valence-electron chi connectivity index (χ2n) is 4.41. The summed E-state index contributed by atoms with van der Waals surface area (Å²) in [4.78, 5) is 0. The van der Waals surface area contributed by atoms with E-state index in [-0.39, 0.29) is 18.2 Å². The lowest BCUT2D eigenvalue weighted by atomic mass is 10.0. The van der Waals surface area contributed by atoms with Gasteiger partial charge in [0.1, 0.15) is 0 Å². The van der Waals surface area contributed by atoms with Crippen LogP contribution in [0.2, 0.25) is 0 Å². The minimum Gasteiger partial charge on any atom is -0.370 e. The van der Waals surface area contributed by atoms with Gasteiger partial charge in [0.2, 0.25) is 0 Å². The lowest BCUT2D eigenvalue weighted by Gasteiger charge is -2.28. The van der Waals surface area contributed by atoms with Crippen LogP contribution in [0.5, 0.6) is 0 Å². The van der Waals surface area contributed by atoms with Crippen molar-refractivity contribution in [3.63, 3.8) is 0 Å². The van der Waals surface area contributed by atoms with Gasteiger partial charge >= 0.3 is 0 Å². The molecule has 0 aliphatic carbocycles. The fraction of sp³-hybridized carbons (Fsp3) is 0.571. The molecule has 0 spiro atoms. The molecule has 0 fully saturated rings. The Kier molecular flexibility index (Phi) is 6.19. The van der Waals surface area contributed by atoms with Crippen molar-refractivity contribution in [1.29, 1.82) is 0 Å². The first-order valence-electron chi connectivity index (χ1n) is 6.35. The molecule has 0 aliphatic rings. The van der Waals surface area contributed by atoms with Gasteiger partial charge in [0, 0.05) is 12.1 Å². The first-order valence-corrected chi connectivity index (χ1v) is 6.35. The third kappa shape index (κ3) is 4.46. The van der Waals surface area contributed by atoms with E-state index in [1.807, 2.05) is 30.3 Å². The second kappa shape index (κ2) is 7.43. The lowest BCUT2D eigenvalue weighted by Crippen LogP contribution is -2.48. The third-order valence-corrected chi connectivity index (χ3v) is 3.07. The summed E-state index contributed by atoms with van der Waals surface area (Å²) in [5, 5.41) is 0. The van der Waals surface area contributed by atoms with Crippen LogP contribution < -0.4 is 11.5 Å². The number of nitrogens with two attached hydrogens (primary N) is 2. The highest BCUT2D eigenvalue weighted by Gasteiger charge is 2.23. The van der Waals surface area contributed by atoms with Gasteiger partial charge in [-0.25, -0.2) is 0 Å². The molecule has 0 saturated carbocycles. The average molecular weight is 236 g/mol. The van der Waals surface area contributed by atoms with Gasteiger partial charge in [0.05, 0.1) is 12.7 Å². The van der Waals surface area contributed by atoms with E-state index in [9.17, 15) is 0 Å². The van der Waals surface area contributed by atoms with Gasteiger partial charge in [-0.15, -0.1) is 0 Å². The summed E-state index contributed by atoms with van der Waals surface area (Å²) in [6, 6.07) is 10.1. The molecule has 0 aromatic heterocycles. The molecule has 1 rings (SSSR count). The first-order chi connectivity index (χ1) is 8.19. The van der Waals surface area contributed by atoms with Crippen LogP contribution >= 0.6 is 0 Å². The number of hydrogen-bond acceptors (Lipinski definition) is 3. The van der Waals surface area contributed by atoms with Crippen LogP contribution in [-0.2, 0) is 11.3 Å². The molecule has 0 aliphatic heterocycles. The lowest BCUT2D eigenvalue weighted by molar-refractivity contribution is 0.00527. The van der Waals surface area contributed by atoms with Gasteiger partial charge < -0.3 is 16.2 Å². The van der Waals surface area contributed by atoms with Crippen LogP contribution in [-0.4, -0.2) is 18.2 Å². The highest BCUT2D eigenvalue weighted by atomic mass is 16.5. The summed E-state index contributed by atoms with van der Waals surface area (Å²) < 4.78 is 5.88. The van der Waals surface area contributed by atoms with E-state index in [1.54, 1.807) is 0 Å². The molecule has 0 radical (unpaired) electrons. The van der Waals surface area contributed by atoms with E-state index in [1.165, 1.54) is 0 Å². The molecule has 3 nitrogen and oxygen atoms in total. The summed E-state index contributed by atoms with van der Waals surface area (Å²) in [6.45, 7) is 4.70. The van der Waals surface area contributed by atoms with E-state index in [2.05, 4.69) is 13.8 Å². The van der Waals surface area contributed by atoms with Crippen LogP contribution in [0.3, 0.4) is 0 Å². The Morgan fingerprint density at radius 3 is 2.00 bits per heavy atom. The molecule has 0 unspecified atom stereocenters. The minimum absolute atomic E-state index is 0.00802. The van der Waals surface area contributed by atoms with Crippen molar-refractivity contribution in [2.75, 3.05) is 0 Å². The number of ether oxygens (including phenoxy) is 1. The SMILES string of the molecule is CC[C@H](N)C(OCc1ccccc1)[C@@H](N)CC. The van der Waals surface area contributed by atoms with Crippen molar-refractivity contribution in [3.05, 3.63) is 35.9 Å². The van der Waals surface area contributed by atoms with E-state index in [0.29, 0.717) is 6.61 Å². The maximum Gasteiger partial charge on any atom is 0.0880 e. The Hall–Kier alpha value is -0.900. The molecule has 1 aromatic carbocycles. The van der Waals surface area contributed by atoms with Crippen molar-refractivity contribution in [2.24, 2.45) is 11.5 Å². The normalized spacial score (nSPS) is 14.9. The van der Waals surface area contributed by atoms with Gasteiger partial charge in [-0.3, -0.25) is 0 Å². The number of hydrogen-bond donors (Lipinski definition) is 2. The first kappa shape index (κ1) is 14.2. The summed E-state index contributed by atoms with van der Waals surface area (Å²) in [6.07, 6.45) is 1.70. The van der Waals surface area contributed by atoms with Crippen molar-refractivity contribution < 1.29 is 4.74 Å². The summed E-state index contributed by atoms with van der Waals surface area (Å²) >= 11 is 0. The Morgan fingerprint density at radius 1 is 1.00 bits per heavy atom. The zero-order chi connectivity index (χ0) is 12.7. The van der Waals surface area contributed by atoms with E-state index in [0.717, 1.165) is 18.4 Å². The van der Waals surface area contributed by atoms with Gasteiger partial charge in [0.25, 0.3) is 0 Å². The van der Waals surface area contributed by atoms with E-state index in [4.69, 9.17) is 16.2 Å². The van der Waals surface area contributed by atoms with Crippen LogP contribution in [0, 0.1) is 0 Å². The fourth-order valence-corrected chi connectivity index (χ4v) is 1.80. The van der Waals surface area contributed by atoms with Crippen LogP contribution in [0.1, 0.15) is 32.3 Å². The van der Waals surface area contributed by atoms with Crippen molar-refractivity contribution in [3.8, 4) is 0 Å². The average Bonchev–Trinajstić information content (AvgIpc) is 2.39. The second-order valence-corrected chi connectivity index (χ2v) is 4.41. The quantitative estimate of drug-likeness (QED) is 0.761. The highest BCUT2D eigenvalue weighted by molar-refractivity contribution is 5.13. The van der Waals surface area contributed by atoms with E-state index >= 15 is 0 Å². The van der Waals surface area contributed by atoms with Gasteiger partial charge in [-0.2, -0.15) is 0 Å². The Labute approximate surface area is 104 Å². The van der Waals surface area contributed by atoms with Gasteiger partial charge in [-0.05, 0) is 18.4 Å². The maximum atomic E-state index is 6.05. The number of rotatable bonds is 7. The highest BCUT2D eigenvalue weighted by Crippen LogP contribution is 2.11. The largest absolute Gasteiger partial charge is 0.370 e. The topological polar surface area (TPSA) is 61.3 Å². The molecular formula is C14H24N2O. The summed E-state index contributed by atoms with van der Waals surface area (Å²) in [5.74, 6) is 0. The predicted octanol–water partition coefficient (Wildman–Crippen LogP) is 2.05. The smallest absolute Gasteiger partial charge is 0.0880 e. The molecule has 0 saturated heterocycles. The monoisotopic (exact) mass is 236 g/mol. The molecule has 2 atom stereocenters. The predicted molar refractivity (Wildman–Crippen MR) is 71.6 cm³/mol. The fourth-order valence-electron chi connectivity index (χ4n) is 1.80. The minimum atomic E-state index is -0.0646. The van der Waals surface area contributed by atoms with Crippen LogP contribution in [0.15, 0.2) is 30.3 Å². The zero-order valence-electron chi connectivity index (χ0n) is 10.8. The molecule has 4 N–H and O–H groups in total. The Bertz CT molecular complexity index is 292. The molecule has 0 heterocycles. The zero-order valence-corrected chi connectivity index (χ0v) is 10.8.